The maximum absolute atomic E-state index is 13.5. The van der Waals surface area contributed by atoms with Gasteiger partial charge >= 0.3 is 48.5 Å². The summed E-state index contributed by atoms with van der Waals surface area (Å²) in [5.41, 5.74) is 9.18. The van der Waals surface area contributed by atoms with Crippen LogP contribution in [0.15, 0.2) is 60.7 Å². The van der Waals surface area contributed by atoms with Gasteiger partial charge in [0.25, 0.3) is 0 Å². The Balaban J connectivity index is -0.00000159. The minimum absolute atomic E-state index is 0. The zero-order chi connectivity index (χ0) is 106. The highest BCUT2D eigenvalue weighted by atomic mass is 127. The molecule has 0 bridgehead atoms. The number of amides is 9. The number of primary amides is 1. The topological polar surface area (TPSA) is 448 Å². The zero-order valence-corrected chi connectivity index (χ0v) is 92.4. The molecule has 36 nitrogen and oxygen atoms in total. The van der Waals surface area contributed by atoms with Crippen molar-refractivity contribution in [2.24, 2.45) is 41.1 Å². The number of carboxylic acids is 2. The number of nitrogens with two attached hydrogens (primary N) is 2. The number of carbonyl (C=O) groups excluding carboxylic acids is 9. The third kappa shape index (κ3) is 60.1. The molecule has 8 N–H and O–H groups in total. The Hall–Kier alpha value is -7.77. The number of nitrogens with zero attached hydrogens (tertiary/aromatic N) is 8. The molecule has 5 aliphatic rings. The van der Waals surface area contributed by atoms with Gasteiger partial charge in [0.05, 0.1) is 24.3 Å². The maximum atomic E-state index is 13.5. The lowest BCUT2D eigenvalue weighted by atomic mass is 9.91. The second-order valence-electron chi connectivity index (χ2n) is 41.5. The van der Waals surface area contributed by atoms with E-state index in [1.165, 1.54) is 62.9 Å². The van der Waals surface area contributed by atoms with Crippen LogP contribution in [0.25, 0.3) is 0 Å². The first-order valence-corrected chi connectivity index (χ1v) is 51.0. The number of aliphatic hydroxyl groups excluding tert-OH is 2. The second kappa shape index (κ2) is 68.5. The van der Waals surface area contributed by atoms with E-state index in [-0.39, 0.29) is 64.7 Å². The normalized spacial score (nSPS) is 16.7. The third-order valence-corrected chi connectivity index (χ3v) is 23.6. The van der Waals surface area contributed by atoms with Crippen LogP contribution in [-0.4, -0.2) is 363 Å². The first-order valence-electron chi connectivity index (χ1n) is 47.8. The van der Waals surface area contributed by atoms with Crippen molar-refractivity contribution in [3.63, 3.8) is 0 Å². The highest BCUT2D eigenvalue weighted by molar-refractivity contribution is 14.1. The van der Waals surface area contributed by atoms with E-state index in [2.05, 4.69) is 22.6 Å². The van der Waals surface area contributed by atoms with E-state index in [1.54, 1.807) is 168 Å². The Morgan fingerprint density at radius 1 is 0.393 bits per heavy atom. The van der Waals surface area contributed by atoms with Gasteiger partial charge in [-0.15, -0.1) is 0 Å². The largest absolute Gasteiger partial charge is 0.480 e. The van der Waals surface area contributed by atoms with E-state index < -0.39 is 124 Å². The number of alkyl halides is 1. The minimum Gasteiger partial charge on any atom is -0.480 e. The molecule has 0 aliphatic carbocycles. The molecule has 0 aromatic heterocycles. The first kappa shape index (κ1) is 136. The Bertz CT molecular complexity index is 3760. The molecule has 8 atom stereocenters. The predicted octanol–water partition coefficient (Wildman–Crippen LogP) is 15.7. The summed E-state index contributed by atoms with van der Waals surface area (Å²) in [6, 6.07) is 15.4. The number of halogens is 1. The standard InChI is InChI=1S/C24H38N2O5.C18H28N2O4.C14H26N2O4.C14H28N2O3.C14H25NO5.C8H15NO4.C6H11IO.C2H6S.CH4.B/c1-17(21(27)19-10-8-7-9-11-19)25(5)22(28)20(16-18-12-14-30-15-13-18)26(6)23(29)31-24(2,3)4;1-13(16(22)14-10-8-7-9-11-14)20(6)15(21)12-19(5)17(23)24-18(2,3)4;1-14(2,3)20-13(18)16(4)11(12(15)17)9-10-5-7-19-8-6-10;1-14(2,3)19-13(17)16(4)12(10-15)9-11-5-7-18-8-6-11;1-14(2,3)20-13(18)15(4)11(12(16)17)9-10-5-7-19-8-6-10;1-8(2,3)13-7(12)9(4)5-6(10)11;7-5-6-1-3-8-4-2-6;1-3-2;;/h7-11,17-18,20-21,27H,12-16H2,1-6H3;7-11,13,16,22H,12H2,1-6H3;10-11H,5-9H2,1-4H3,(H2,15,17);11-12H,5-10,15H2,1-4H3;10-11H,5-9H2,1-4H3,(H,16,17);5H2,1-4H3,(H,10,11);6H,1-5H2;1-2H3;1H4;/t17-,20+,21+;13-,16+;11-;12-;11-;;;;;/m11000...../s1. The average Bonchev–Trinajstić information content (AvgIpc) is 0.818. The Morgan fingerprint density at radius 2 is 0.643 bits per heavy atom. The van der Waals surface area contributed by atoms with Gasteiger partial charge in [0.15, 0.2) is 0 Å². The van der Waals surface area contributed by atoms with E-state index >= 15 is 0 Å². The number of rotatable bonds is 27. The molecule has 9 amide bonds. The van der Waals surface area contributed by atoms with Gasteiger partial charge in [-0.25, -0.2) is 33.6 Å². The fourth-order valence-corrected chi connectivity index (χ4v) is 14.9. The Labute approximate surface area is 858 Å². The minimum atomic E-state index is -1.06. The molecule has 7 rings (SSSR count). The monoisotopic (exact) mass is 2120 g/mol. The quantitative estimate of drug-likeness (QED) is 0.0209. The molecule has 5 aliphatic heterocycles. The molecular formula is C101H181BIN10O26S. The van der Waals surface area contributed by atoms with Gasteiger partial charge in [-0.2, -0.15) is 11.8 Å². The third-order valence-electron chi connectivity index (χ3n) is 22.4. The van der Waals surface area contributed by atoms with Crippen LogP contribution >= 0.6 is 34.4 Å². The predicted molar refractivity (Wildman–Crippen MR) is 557 cm³/mol. The van der Waals surface area contributed by atoms with E-state index in [0.29, 0.717) is 77.3 Å². The summed E-state index contributed by atoms with van der Waals surface area (Å²) in [6.45, 7) is 43.4. The fourth-order valence-electron chi connectivity index (χ4n) is 14.0. The van der Waals surface area contributed by atoms with Crippen molar-refractivity contribution in [1.29, 1.82) is 0 Å². The molecule has 140 heavy (non-hydrogen) atoms. The van der Waals surface area contributed by atoms with Crippen LogP contribution in [0.4, 0.5) is 28.8 Å². The van der Waals surface area contributed by atoms with Gasteiger partial charge in [-0.3, -0.25) is 33.9 Å². The molecule has 5 saturated heterocycles. The lowest BCUT2D eigenvalue weighted by Gasteiger charge is -2.37. The van der Waals surface area contributed by atoms with Crippen LogP contribution < -0.4 is 11.5 Å². The number of aliphatic carboxylic acids is 2. The number of likely N-dealkylation sites (N-methyl/N-ethyl adjacent to an activating group) is 8. The van der Waals surface area contributed by atoms with Crippen molar-refractivity contribution in [2.75, 3.05) is 159 Å². The maximum Gasteiger partial charge on any atom is 0.410 e. The Morgan fingerprint density at radius 3 is 0.914 bits per heavy atom. The number of benzene rings is 2. The number of carbonyl (C=O) groups is 11. The Kier molecular flexibility index (Phi) is 66.7. The zero-order valence-electron chi connectivity index (χ0n) is 89.4. The van der Waals surface area contributed by atoms with Crippen LogP contribution in [0.1, 0.15) is 259 Å². The number of ether oxygens (including phenoxy) is 11. The van der Waals surface area contributed by atoms with E-state index in [1.807, 2.05) is 101 Å². The molecule has 2 aromatic carbocycles. The molecule has 0 spiro atoms. The molecule has 5 fully saturated rings. The van der Waals surface area contributed by atoms with Crippen molar-refractivity contribution in [1.82, 2.24) is 39.2 Å². The number of hydrogen-bond acceptors (Lipinski definition) is 26. The fraction of sp³-hybridized carbons (Fsp3) is 0.772. The SMILES string of the molecule is C.CN(C(=O)OC(C)(C)C)[C@@H](CC1CCOCC1)C(=O)O.CN(C(=O)OC(C)(C)C)[C@@H](CC1CCOCC1)C(N)=O.CN(C(=O)OC(C)(C)C)[C@H](CN)CC1CCOCC1.CN(CC(=O)O)C(=O)OC(C)(C)C.CSC.C[C@H]([C@H](O)c1ccccc1)N(C)C(=O)CN(C)C(=O)OC(C)(C)C.C[C@H]([C@H](O)c1ccccc1)N(C)C(=O)[C@H](CC1CCOCC1)N(C)C(=O)OC(C)(C)C.ICC1CCOCC1.[B]. The van der Waals surface area contributed by atoms with E-state index in [4.69, 9.17) is 68.7 Å². The first-order chi connectivity index (χ1) is 63.8. The number of hydrogen-bond donors (Lipinski definition) is 6. The molecule has 39 heteroatoms. The van der Waals surface area contributed by atoms with Crippen molar-refractivity contribution in [3.8, 4) is 0 Å². The molecular weight excluding hydrogens is 1940 g/mol. The highest BCUT2D eigenvalue weighted by Crippen LogP contribution is 2.31. The molecule has 0 unspecified atom stereocenters. The number of carboxylic acid groups (broad SMARTS) is 2. The van der Waals surface area contributed by atoms with Gasteiger partial charge in [0.2, 0.25) is 17.7 Å². The summed E-state index contributed by atoms with van der Waals surface area (Å²) in [7, 11) is 12.6. The average molecular weight is 2120 g/mol. The van der Waals surface area contributed by atoms with Crippen molar-refractivity contribution in [2.45, 2.75) is 318 Å². The summed E-state index contributed by atoms with van der Waals surface area (Å²) in [5.74, 6) is -0.580. The lowest BCUT2D eigenvalue weighted by molar-refractivity contribution is -0.143. The summed E-state index contributed by atoms with van der Waals surface area (Å²) < 4.78 is 59.4. The van der Waals surface area contributed by atoms with Crippen LogP contribution in [0.5, 0.6) is 0 Å². The van der Waals surface area contributed by atoms with Gasteiger partial charge in [-0.05, 0) is 282 Å². The van der Waals surface area contributed by atoms with Gasteiger partial charge in [0.1, 0.15) is 64.8 Å². The van der Waals surface area contributed by atoms with E-state index in [9.17, 15) is 68.1 Å². The van der Waals surface area contributed by atoms with Gasteiger partial charge in [0, 0.05) is 148 Å². The summed E-state index contributed by atoms with van der Waals surface area (Å²) in [5, 5.41) is 38.9. The van der Waals surface area contributed by atoms with Crippen molar-refractivity contribution < 1.29 is 125 Å². The molecule has 2 aromatic rings. The van der Waals surface area contributed by atoms with Crippen LogP contribution in [0.2, 0.25) is 0 Å². The molecule has 807 valence electrons. The second-order valence-corrected chi connectivity index (χ2v) is 43.2. The number of thioether (sulfide) groups is 1. The van der Waals surface area contributed by atoms with Gasteiger partial charge < -0.3 is 108 Å². The van der Waals surface area contributed by atoms with Crippen molar-refractivity contribution >= 4 is 109 Å². The van der Waals surface area contributed by atoms with Gasteiger partial charge in [-0.1, -0.05) is 90.7 Å². The van der Waals surface area contributed by atoms with Crippen LogP contribution in [0.3, 0.4) is 0 Å². The highest BCUT2D eigenvalue weighted by Gasteiger charge is 2.40. The summed E-state index contributed by atoms with van der Waals surface area (Å²) in [6.07, 6.45) is 11.7. The van der Waals surface area contributed by atoms with Crippen molar-refractivity contribution in [3.05, 3.63) is 71.8 Å². The smallest absolute Gasteiger partial charge is 0.410 e. The van der Waals surface area contributed by atoms with Crippen LogP contribution in [0, 0.1) is 29.6 Å². The number of aliphatic hydroxyl groups is 2. The summed E-state index contributed by atoms with van der Waals surface area (Å²) >= 11 is 4.20. The molecule has 0 saturated carbocycles. The van der Waals surface area contributed by atoms with E-state index in [0.717, 1.165) is 106 Å². The van der Waals surface area contributed by atoms with Crippen LogP contribution in [-0.2, 0) is 76.1 Å². The molecule has 5 heterocycles. The summed E-state index contributed by atoms with van der Waals surface area (Å²) in [4.78, 5) is 142. The lowest BCUT2D eigenvalue weighted by Crippen LogP contribution is -2.53. The molecule has 3 radical (unpaired) electrons.